The van der Waals surface area contributed by atoms with E-state index in [1.807, 2.05) is 0 Å². The zero-order valence-electron chi connectivity index (χ0n) is 12.5. The Morgan fingerprint density at radius 1 is 1.00 bits per heavy atom. The Morgan fingerprint density at radius 3 is 2.28 bits per heavy atom. The van der Waals surface area contributed by atoms with Gasteiger partial charge in [-0.2, -0.15) is 0 Å². The van der Waals surface area contributed by atoms with Crippen molar-refractivity contribution in [1.82, 2.24) is 0 Å². The molecule has 0 aromatic carbocycles. The minimum Gasteiger partial charge on any atom is -0.390 e. The predicted molar refractivity (Wildman–Crippen MR) is 77.6 cm³/mol. The molecule has 0 bridgehead atoms. The molecule has 0 heterocycles. The summed E-state index contributed by atoms with van der Waals surface area (Å²) in [6, 6.07) is 0. The fraction of sp³-hybridized carbons (Fsp3) is 1.00. The van der Waals surface area contributed by atoms with Crippen LogP contribution in [-0.4, -0.2) is 10.7 Å². The summed E-state index contributed by atoms with van der Waals surface area (Å²) in [5, 5.41) is 11.1. The van der Waals surface area contributed by atoms with Gasteiger partial charge in [-0.1, -0.05) is 52.4 Å². The van der Waals surface area contributed by atoms with Crippen LogP contribution in [-0.2, 0) is 0 Å². The molecule has 1 N–H and O–H groups in total. The first-order valence-electron chi connectivity index (χ1n) is 8.32. The van der Waals surface area contributed by atoms with Crippen molar-refractivity contribution in [1.29, 1.82) is 0 Å². The van der Waals surface area contributed by atoms with Gasteiger partial charge in [0.25, 0.3) is 0 Å². The highest BCUT2D eigenvalue weighted by Gasteiger charge is 2.40. The summed E-state index contributed by atoms with van der Waals surface area (Å²) in [5.41, 5.74) is -0.303. The Balaban J connectivity index is 1.95. The quantitative estimate of drug-likeness (QED) is 0.707. The van der Waals surface area contributed by atoms with Crippen molar-refractivity contribution in [2.75, 3.05) is 0 Å². The van der Waals surface area contributed by atoms with Gasteiger partial charge in [0.1, 0.15) is 0 Å². The highest BCUT2D eigenvalue weighted by molar-refractivity contribution is 4.92. The van der Waals surface area contributed by atoms with E-state index in [1.165, 1.54) is 57.8 Å². The average Bonchev–Trinajstić information content (AvgIpc) is 2.57. The lowest BCUT2D eigenvalue weighted by Crippen LogP contribution is -2.42. The van der Waals surface area contributed by atoms with Crippen molar-refractivity contribution < 1.29 is 5.11 Å². The molecule has 2 aliphatic carbocycles. The fourth-order valence-electron chi connectivity index (χ4n) is 4.46. The van der Waals surface area contributed by atoms with Gasteiger partial charge >= 0.3 is 0 Å². The molecule has 2 unspecified atom stereocenters. The summed E-state index contributed by atoms with van der Waals surface area (Å²) in [4.78, 5) is 0. The van der Waals surface area contributed by atoms with Crippen molar-refractivity contribution in [2.45, 2.75) is 90.1 Å². The largest absolute Gasteiger partial charge is 0.390 e. The Kier molecular flexibility index (Phi) is 5.12. The van der Waals surface area contributed by atoms with Gasteiger partial charge in [-0.25, -0.2) is 0 Å². The van der Waals surface area contributed by atoms with Gasteiger partial charge in [0.15, 0.2) is 0 Å². The van der Waals surface area contributed by atoms with E-state index in [1.54, 1.807) is 0 Å². The third-order valence-electron chi connectivity index (χ3n) is 5.28. The summed E-state index contributed by atoms with van der Waals surface area (Å²) in [7, 11) is 0. The van der Waals surface area contributed by atoms with Crippen LogP contribution in [0.5, 0.6) is 0 Å². The van der Waals surface area contributed by atoms with Crippen molar-refractivity contribution in [2.24, 2.45) is 17.8 Å². The first-order chi connectivity index (χ1) is 8.60. The van der Waals surface area contributed by atoms with Gasteiger partial charge in [0.2, 0.25) is 0 Å². The van der Waals surface area contributed by atoms with E-state index in [0.717, 1.165) is 24.7 Å². The van der Waals surface area contributed by atoms with E-state index in [0.29, 0.717) is 5.92 Å². The van der Waals surface area contributed by atoms with Gasteiger partial charge in [-0.05, 0) is 49.9 Å². The van der Waals surface area contributed by atoms with E-state index >= 15 is 0 Å². The Labute approximate surface area is 113 Å². The summed E-state index contributed by atoms with van der Waals surface area (Å²) in [6.45, 7) is 4.64. The number of aliphatic hydroxyl groups is 1. The van der Waals surface area contributed by atoms with Crippen LogP contribution in [0.4, 0.5) is 0 Å². The summed E-state index contributed by atoms with van der Waals surface area (Å²) in [6.07, 6.45) is 14.1. The highest BCUT2D eigenvalue weighted by atomic mass is 16.3. The zero-order valence-corrected chi connectivity index (χ0v) is 12.5. The molecule has 0 aromatic rings. The Bertz CT molecular complexity index is 240. The third kappa shape index (κ3) is 3.73. The van der Waals surface area contributed by atoms with Crippen LogP contribution in [0.1, 0.15) is 84.5 Å². The van der Waals surface area contributed by atoms with Crippen LogP contribution in [0.3, 0.4) is 0 Å². The number of hydrogen-bond acceptors (Lipinski definition) is 1. The maximum absolute atomic E-state index is 11.1. The molecule has 2 rings (SSSR count). The van der Waals surface area contributed by atoms with Gasteiger partial charge < -0.3 is 5.11 Å². The van der Waals surface area contributed by atoms with E-state index in [-0.39, 0.29) is 5.60 Å². The molecule has 2 aliphatic rings. The van der Waals surface area contributed by atoms with E-state index < -0.39 is 0 Å². The lowest BCUT2D eigenvalue weighted by molar-refractivity contribution is -0.0721. The Hall–Kier alpha value is -0.0400. The first-order valence-corrected chi connectivity index (χ1v) is 8.32. The summed E-state index contributed by atoms with van der Waals surface area (Å²) in [5.74, 6) is 2.17. The van der Waals surface area contributed by atoms with E-state index in [9.17, 15) is 5.11 Å². The topological polar surface area (TPSA) is 20.2 Å². The second kappa shape index (κ2) is 6.41. The molecule has 18 heavy (non-hydrogen) atoms. The molecule has 1 heteroatoms. The van der Waals surface area contributed by atoms with E-state index in [4.69, 9.17) is 0 Å². The molecule has 106 valence electrons. The van der Waals surface area contributed by atoms with Gasteiger partial charge in [-0.3, -0.25) is 0 Å². The second-order valence-corrected chi connectivity index (χ2v) is 7.38. The standard InChI is InChI=1S/C17H32O/c1-14(2)12-15-8-7-11-17(18,13-15)16-9-5-3-4-6-10-16/h14-16,18H,3-13H2,1-2H3. The van der Waals surface area contributed by atoms with Gasteiger partial charge in [-0.15, -0.1) is 0 Å². The second-order valence-electron chi connectivity index (χ2n) is 7.38. The molecule has 2 fully saturated rings. The smallest absolute Gasteiger partial charge is 0.0678 e. The number of hydrogen-bond donors (Lipinski definition) is 1. The fourth-order valence-corrected chi connectivity index (χ4v) is 4.46. The normalized spacial score (nSPS) is 35.7. The van der Waals surface area contributed by atoms with Crippen molar-refractivity contribution >= 4 is 0 Å². The SMILES string of the molecule is CC(C)CC1CCCC(O)(C2CCCCCC2)C1. The lowest BCUT2D eigenvalue weighted by atomic mass is 9.68. The molecule has 0 aromatic heterocycles. The Morgan fingerprint density at radius 2 is 1.67 bits per heavy atom. The summed E-state index contributed by atoms with van der Waals surface area (Å²) >= 11 is 0. The predicted octanol–water partition coefficient (Wildman–Crippen LogP) is 4.92. The monoisotopic (exact) mass is 252 g/mol. The molecule has 0 spiro atoms. The molecule has 0 aliphatic heterocycles. The maximum atomic E-state index is 11.1. The van der Waals surface area contributed by atoms with Crippen LogP contribution >= 0.6 is 0 Å². The van der Waals surface area contributed by atoms with Crippen LogP contribution < -0.4 is 0 Å². The number of rotatable bonds is 3. The molecule has 0 amide bonds. The average molecular weight is 252 g/mol. The lowest BCUT2D eigenvalue weighted by Gasteiger charge is -2.43. The molecule has 2 saturated carbocycles. The highest BCUT2D eigenvalue weighted by Crippen LogP contribution is 2.44. The molecular weight excluding hydrogens is 220 g/mol. The zero-order chi connectivity index (χ0) is 13.0. The van der Waals surface area contributed by atoms with Gasteiger partial charge in [0.05, 0.1) is 5.60 Å². The molecule has 1 nitrogen and oxygen atoms in total. The van der Waals surface area contributed by atoms with Crippen molar-refractivity contribution in [3.8, 4) is 0 Å². The summed E-state index contributed by atoms with van der Waals surface area (Å²) < 4.78 is 0. The minimum atomic E-state index is -0.303. The van der Waals surface area contributed by atoms with Crippen molar-refractivity contribution in [3.63, 3.8) is 0 Å². The molecule has 0 radical (unpaired) electrons. The minimum absolute atomic E-state index is 0.303. The van der Waals surface area contributed by atoms with Gasteiger partial charge in [0, 0.05) is 0 Å². The van der Waals surface area contributed by atoms with Crippen LogP contribution in [0.25, 0.3) is 0 Å². The molecular formula is C17H32O. The van der Waals surface area contributed by atoms with E-state index in [2.05, 4.69) is 13.8 Å². The molecule has 0 saturated heterocycles. The van der Waals surface area contributed by atoms with Crippen molar-refractivity contribution in [3.05, 3.63) is 0 Å². The van der Waals surface area contributed by atoms with Crippen LogP contribution in [0.2, 0.25) is 0 Å². The maximum Gasteiger partial charge on any atom is 0.0678 e. The first kappa shape index (κ1) is 14.4. The van der Waals surface area contributed by atoms with Crippen LogP contribution in [0, 0.1) is 17.8 Å². The molecule has 2 atom stereocenters. The third-order valence-corrected chi connectivity index (χ3v) is 5.28. The van der Waals surface area contributed by atoms with Crippen LogP contribution in [0.15, 0.2) is 0 Å².